The van der Waals surface area contributed by atoms with Gasteiger partial charge in [-0.1, -0.05) is 49.6 Å². The van der Waals surface area contributed by atoms with Crippen molar-refractivity contribution >= 4 is 10.8 Å². The minimum atomic E-state index is 0.342. The van der Waals surface area contributed by atoms with Crippen LogP contribution >= 0.6 is 0 Å². The third-order valence-corrected chi connectivity index (χ3v) is 4.86. The molecule has 22 heavy (non-hydrogen) atoms. The summed E-state index contributed by atoms with van der Waals surface area (Å²) in [5.74, 6) is 1.74. The first-order valence-corrected chi connectivity index (χ1v) is 8.67. The van der Waals surface area contributed by atoms with Crippen LogP contribution in [0.15, 0.2) is 42.5 Å². The molecule has 0 heterocycles. The van der Waals surface area contributed by atoms with Crippen LogP contribution < -0.4 is 10.1 Å². The summed E-state index contributed by atoms with van der Waals surface area (Å²) in [6, 6.07) is 15.0. The first kappa shape index (κ1) is 15.4. The second-order valence-electron chi connectivity index (χ2n) is 6.46. The summed E-state index contributed by atoms with van der Waals surface area (Å²) in [5.41, 5.74) is 0. The number of fused-ring (bicyclic) bond motifs is 1. The highest BCUT2D eigenvalue weighted by Gasteiger charge is 2.24. The minimum Gasteiger partial charge on any atom is -0.490 e. The summed E-state index contributed by atoms with van der Waals surface area (Å²) in [5, 5.41) is 5.81. The van der Waals surface area contributed by atoms with Gasteiger partial charge in [0.25, 0.3) is 0 Å². The van der Waals surface area contributed by atoms with Crippen LogP contribution in [0.1, 0.15) is 38.5 Å². The van der Waals surface area contributed by atoms with Gasteiger partial charge in [-0.2, -0.15) is 0 Å². The van der Waals surface area contributed by atoms with E-state index in [0.717, 1.165) is 18.7 Å². The molecule has 2 heteroatoms. The van der Waals surface area contributed by atoms with Crippen LogP contribution in [-0.4, -0.2) is 19.7 Å². The highest BCUT2D eigenvalue weighted by Crippen LogP contribution is 2.31. The molecule has 1 aliphatic carbocycles. The zero-order valence-electron chi connectivity index (χ0n) is 13.6. The molecule has 1 atom stereocenters. The van der Waals surface area contributed by atoms with Gasteiger partial charge in [-0.3, -0.25) is 0 Å². The predicted molar refractivity (Wildman–Crippen MR) is 93.5 cm³/mol. The highest BCUT2D eigenvalue weighted by molar-refractivity contribution is 5.83. The van der Waals surface area contributed by atoms with Gasteiger partial charge in [-0.05, 0) is 61.7 Å². The molecule has 0 radical (unpaired) electrons. The second-order valence-corrected chi connectivity index (χ2v) is 6.46. The van der Waals surface area contributed by atoms with E-state index in [4.69, 9.17) is 4.74 Å². The zero-order valence-corrected chi connectivity index (χ0v) is 13.6. The van der Waals surface area contributed by atoms with Gasteiger partial charge in [-0.15, -0.1) is 0 Å². The molecular weight excluding hydrogens is 270 g/mol. The Hall–Kier alpha value is -1.54. The summed E-state index contributed by atoms with van der Waals surface area (Å²) in [6.07, 6.45) is 8.20. The van der Waals surface area contributed by atoms with E-state index in [1.54, 1.807) is 0 Å². The van der Waals surface area contributed by atoms with Gasteiger partial charge in [0, 0.05) is 0 Å². The Kier molecular flexibility index (Phi) is 5.33. The molecule has 1 saturated carbocycles. The molecule has 2 aromatic rings. The maximum atomic E-state index is 6.42. The lowest BCUT2D eigenvalue weighted by molar-refractivity contribution is 0.100. The van der Waals surface area contributed by atoms with E-state index in [-0.39, 0.29) is 0 Å². The lowest BCUT2D eigenvalue weighted by Crippen LogP contribution is -2.31. The summed E-state index contributed by atoms with van der Waals surface area (Å²) in [4.78, 5) is 0. The topological polar surface area (TPSA) is 21.3 Å². The molecule has 1 aliphatic rings. The molecule has 3 rings (SSSR count). The molecule has 1 unspecified atom stereocenters. The molecule has 118 valence electrons. The van der Waals surface area contributed by atoms with Crippen LogP contribution in [0.4, 0.5) is 0 Å². The smallest absolute Gasteiger partial charge is 0.120 e. The Morgan fingerprint density at radius 3 is 2.59 bits per heavy atom. The van der Waals surface area contributed by atoms with Crippen LogP contribution in [-0.2, 0) is 0 Å². The Bertz CT molecular complexity index is 589. The molecule has 2 nitrogen and oxygen atoms in total. The number of rotatable bonds is 6. The highest BCUT2D eigenvalue weighted by atomic mass is 16.5. The molecule has 0 aliphatic heterocycles. The van der Waals surface area contributed by atoms with Gasteiger partial charge in [-0.25, -0.2) is 0 Å². The number of hydrogen-bond acceptors (Lipinski definition) is 2. The van der Waals surface area contributed by atoms with E-state index in [1.807, 2.05) is 7.05 Å². The molecule has 1 N–H and O–H groups in total. The third kappa shape index (κ3) is 3.80. The monoisotopic (exact) mass is 297 g/mol. The molecule has 0 saturated heterocycles. The van der Waals surface area contributed by atoms with Crippen LogP contribution in [0.5, 0.6) is 5.75 Å². The van der Waals surface area contributed by atoms with E-state index in [1.165, 1.54) is 42.9 Å². The van der Waals surface area contributed by atoms with E-state index in [2.05, 4.69) is 47.8 Å². The lowest BCUT2D eigenvalue weighted by atomic mass is 9.84. The maximum absolute atomic E-state index is 6.42. The maximum Gasteiger partial charge on any atom is 0.120 e. The number of nitrogens with one attached hydrogen (secondary N) is 1. The molecule has 0 bridgehead atoms. The predicted octanol–water partition coefficient (Wildman–Crippen LogP) is 4.78. The van der Waals surface area contributed by atoms with Crippen molar-refractivity contribution in [2.24, 2.45) is 5.92 Å². The van der Waals surface area contributed by atoms with Crippen molar-refractivity contribution < 1.29 is 4.74 Å². The van der Waals surface area contributed by atoms with Crippen molar-refractivity contribution in [1.82, 2.24) is 5.32 Å². The first-order chi connectivity index (χ1) is 10.9. The van der Waals surface area contributed by atoms with E-state index in [9.17, 15) is 0 Å². The van der Waals surface area contributed by atoms with Gasteiger partial charge in [0.2, 0.25) is 0 Å². The molecular formula is C20H27NO. The van der Waals surface area contributed by atoms with E-state index < -0.39 is 0 Å². The van der Waals surface area contributed by atoms with Crippen molar-refractivity contribution in [1.29, 1.82) is 0 Å². The average molecular weight is 297 g/mol. The third-order valence-electron chi connectivity index (χ3n) is 4.86. The fraction of sp³-hybridized carbons (Fsp3) is 0.500. The van der Waals surface area contributed by atoms with Gasteiger partial charge in [0.05, 0.1) is 0 Å². The SMILES string of the molecule is CNCCC(Oc1ccc2ccccc2c1)C1CCCCC1. The van der Waals surface area contributed by atoms with Gasteiger partial charge in [0.15, 0.2) is 0 Å². The van der Waals surface area contributed by atoms with Crippen molar-refractivity contribution in [3.05, 3.63) is 42.5 Å². The molecule has 0 amide bonds. The summed E-state index contributed by atoms with van der Waals surface area (Å²) in [7, 11) is 2.02. The van der Waals surface area contributed by atoms with Crippen LogP contribution in [0.3, 0.4) is 0 Å². The van der Waals surface area contributed by atoms with Gasteiger partial charge >= 0.3 is 0 Å². The Morgan fingerprint density at radius 2 is 1.82 bits per heavy atom. The van der Waals surface area contributed by atoms with Crippen molar-refractivity contribution in [3.8, 4) is 5.75 Å². The lowest BCUT2D eigenvalue weighted by Gasteiger charge is -2.31. The standard InChI is InChI=1S/C20H27NO/c1-21-14-13-20(17-8-3-2-4-9-17)22-19-12-11-16-7-5-6-10-18(16)15-19/h5-7,10-12,15,17,20-21H,2-4,8-9,13-14H2,1H3. The number of benzene rings is 2. The van der Waals surface area contributed by atoms with Gasteiger partial charge in [0.1, 0.15) is 11.9 Å². The molecule has 0 aromatic heterocycles. The van der Waals surface area contributed by atoms with Crippen molar-refractivity contribution in [3.63, 3.8) is 0 Å². The summed E-state index contributed by atoms with van der Waals surface area (Å²) < 4.78 is 6.42. The van der Waals surface area contributed by atoms with E-state index >= 15 is 0 Å². The molecule has 2 aromatic carbocycles. The summed E-state index contributed by atoms with van der Waals surface area (Å²) in [6.45, 7) is 1.02. The fourth-order valence-electron chi connectivity index (χ4n) is 3.60. The second kappa shape index (κ2) is 7.64. The average Bonchev–Trinajstić information content (AvgIpc) is 2.59. The van der Waals surface area contributed by atoms with Crippen LogP contribution in [0, 0.1) is 5.92 Å². The van der Waals surface area contributed by atoms with Crippen LogP contribution in [0.25, 0.3) is 10.8 Å². The van der Waals surface area contributed by atoms with Crippen molar-refractivity contribution in [2.45, 2.75) is 44.6 Å². The Morgan fingerprint density at radius 1 is 1.05 bits per heavy atom. The van der Waals surface area contributed by atoms with Gasteiger partial charge < -0.3 is 10.1 Å². The van der Waals surface area contributed by atoms with E-state index in [0.29, 0.717) is 12.0 Å². The molecule has 1 fully saturated rings. The zero-order chi connectivity index (χ0) is 15.2. The minimum absolute atomic E-state index is 0.342. The van der Waals surface area contributed by atoms with Crippen LogP contribution in [0.2, 0.25) is 0 Å². The Labute approximate surface area is 133 Å². The first-order valence-electron chi connectivity index (χ1n) is 8.67. The number of ether oxygens (including phenoxy) is 1. The quantitative estimate of drug-likeness (QED) is 0.828. The molecule has 0 spiro atoms. The normalized spacial score (nSPS) is 17.5. The largest absolute Gasteiger partial charge is 0.490 e. The Balaban J connectivity index is 1.74. The van der Waals surface area contributed by atoms with Crippen molar-refractivity contribution in [2.75, 3.05) is 13.6 Å². The number of hydrogen-bond donors (Lipinski definition) is 1. The summed E-state index contributed by atoms with van der Waals surface area (Å²) >= 11 is 0. The fourth-order valence-corrected chi connectivity index (χ4v) is 3.60.